The summed E-state index contributed by atoms with van der Waals surface area (Å²) >= 11 is 4.83. The average molecular weight is 316 g/mol. The predicted molar refractivity (Wildman–Crippen MR) is 83.6 cm³/mol. The Labute approximate surface area is 125 Å². The fraction of sp³-hybridized carbons (Fsp3) is 0.462. The smallest absolute Gasteiger partial charge is 0.179 e. The number of likely N-dealkylation sites (N-methyl/N-ethyl adjacent to an activating group) is 1. The molecule has 3 N–H and O–H groups in total. The molecule has 0 spiro atoms. The van der Waals surface area contributed by atoms with Crippen molar-refractivity contribution in [2.24, 2.45) is 5.73 Å². The zero-order valence-electron chi connectivity index (χ0n) is 11.4. The summed E-state index contributed by atoms with van der Waals surface area (Å²) < 4.78 is 24.4. The van der Waals surface area contributed by atoms with Crippen molar-refractivity contribution in [1.29, 1.82) is 0 Å². The van der Waals surface area contributed by atoms with Gasteiger partial charge in [0.05, 0.1) is 17.3 Å². The van der Waals surface area contributed by atoms with Crippen LogP contribution in [0.4, 0.5) is 0 Å². The molecule has 112 valence electrons. The molecule has 0 heterocycles. The van der Waals surface area contributed by atoms with E-state index in [2.05, 4.69) is 0 Å². The maximum absolute atomic E-state index is 12.2. The standard InChI is InChI=1S/C13H20N2O3S2/c1-2-15(7-9-16)8-10-20(17,18)12-5-3-11(4-6-12)13(14)19/h3-6,16H,2,7-10H2,1H3,(H2,14,19). The fourth-order valence-corrected chi connectivity index (χ4v) is 3.18. The first-order chi connectivity index (χ1) is 9.40. The first-order valence-corrected chi connectivity index (χ1v) is 8.42. The van der Waals surface area contributed by atoms with Crippen LogP contribution in [0.1, 0.15) is 12.5 Å². The molecular weight excluding hydrogens is 296 g/mol. The van der Waals surface area contributed by atoms with Crippen LogP contribution in [-0.4, -0.2) is 55.4 Å². The number of nitrogens with zero attached hydrogens (tertiary/aromatic N) is 1. The molecule has 1 rings (SSSR count). The number of hydrogen-bond donors (Lipinski definition) is 2. The van der Waals surface area contributed by atoms with Gasteiger partial charge in [-0.2, -0.15) is 0 Å². The van der Waals surface area contributed by atoms with Crippen molar-refractivity contribution in [3.05, 3.63) is 29.8 Å². The highest BCUT2D eigenvalue weighted by Gasteiger charge is 2.16. The van der Waals surface area contributed by atoms with Crippen LogP contribution in [0.15, 0.2) is 29.2 Å². The number of hydrogen-bond acceptors (Lipinski definition) is 5. The Hall–Kier alpha value is -1.02. The van der Waals surface area contributed by atoms with Crippen LogP contribution in [0, 0.1) is 0 Å². The quantitative estimate of drug-likeness (QED) is 0.676. The Morgan fingerprint density at radius 3 is 2.35 bits per heavy atom. The van der Waals surface area contributed by atoms with E-state index >= 15 is 0 Å². The summed E-state index contributed by atoms with van der Waals surface area (Å²) in [7, 11) is -3.33. The van der Waals surface area contributed by atoms with Crippen LogP contribution in [0.2, 0.25) is 0 Å². The van der Waals surface area contributed by atoms with Gasteiger partial charge in [-0.3, -0.25) is 0 Å². The summed E-state index contributed by atoms with van der Waals surface area (Å²) in [4.78, 5) is 2.40. The zero-order valence-corrected chi connectivity index (χ0v) is 13.1. The van der Waals surface area contributed by atoms with Gasteiger partial charge in [-0.1, -0.05) is 31.3 Å². The molecule has 0 aliphatic heterocycles. The van der Waals surface area contributed by atoms with Gasteiger partial charge in [0.25, 0.3) is 0 Å². The lowest BCUT2D eigenvalue weighted by molar-refractivity contribution is 0.209. The topological polar surface area (TPSA) is 83.6 Å². The Morgan fingerprint density at radius 1 is 1.30 bits per heavy atom. The molecule has 7 heteroatoms. The summed E-state index contributed by atoms with van der Waals surface area (Å²) in [5, 5.41) is 8.88. The van der Waals surface area contributed by atoms with Gasteiger partial charge in [0.1, 0.15) is 4.99 Å². The van der Waals surface area contributed by atoms with E-state index in [1.165, 1.54) is 12.1 Å². The van der Waals surface area contributed by atoms with Crippen LogP contribution in [0.3, 0.4) is 0 Å². The normalized spacial score (nSPS) is 11.8. The zero-order chi connectivity index (χ0) is 15.2. The lowest BCUT2D eigenvalue weighted by Crippen LogP contribution is -2.31. The minimum absolute atomic E-state index is 0.0211. The molecule has 0 unspecified atom stereocenters. The van der Waals surface area contributed by atoms with Crippen molar-refractivity contribution in [3.63, 3.8) is 0 Å². The van der Waals surface area contributed by atoms with Crippen molar-refractivity contribution in [3.8, 4) is 0 Å². The molecule has 1 aromatic carbocycles. The average Bonchev–Trinajstić information content (AvgIpc) is 2.43. The number of sulfone groups is 1. The lowest BCUT2D eigenvalue weighted by Gasteiger charge is -2.18. The molecule has 0 bridgehead atoms. The number of nitrogens with two attached hydrogens (primary N) is 1. The van der Waals surface area contributed by atoms with Crippen molar-refractivity contribution in [2.75, 3.05) is 32.0 Å². The molecule has 20 heavy (non-hydrogen) atoms. The van der Waals surface area contributed by atoms with Crippen molar-refractivity contribution in [2.45, 2.75) is 11.8 Å². The van der Waals surface area contributed by atoms with Crippen LogP contribution >= 0.6 is 12.2 Å². The van der Waals surface area contributed by atoms with Gasteiger partial charge in [-0.15, -0.1) is 0 Å². The third kappa shape index (κ3) is 4.82. The van der Waals surface area contributed by atoms with Crippen LogP contribution in [0.5, 0.6) is 0 Å². The molecule has 5 nitrogen and oxygen atoms in total. The van der Waals surface area contributed by atoms with E-state index in [9.17, 15) is 8.42 Å². The molecular formula is C13H20N2O3S2. The van der Waals surface area contributed by atoms with E-state index < -0.39 is 9.84 Å². The minimum Gasteiger partial charge on any atom is -0.395 e. The van der Waals surface area contributed by atoms with Gasteiger partial charge >= 0.3 is 0 Å². The van der Waals surface area contributed by atoms with E-state index in [1.54, 1.807) is 12.1 Å². The molecule has 1 aromatic rings. The largest absolute Gasteiger partial charge is 0.395 e. The molecule has 0 saturated carbocycles. The van der Waals surface area contributed by atoms with Gasteiger partial charge in [-0.25, -0.2) is 8.42 Å². The summed E-state index contributed by atoms with van der Waals surface area (Å²) in [6.07, 6.45) is 0. The van der Waals surface area contributed by atoms with Gasteiger partial charge in [0.2, 0.25) is 0 Å². The van der Waals surface area contributed by atoms with E-state index in [0.29, 0.717) is 25.2 Å². The highest BCUT2D eigenvalue weighted by atomic mass is 32.2. The summed E-state index contributed by atoms with van der Waals surface area (Å²) in [6, 6.07) is 6.26. The summed E-state index contributed by atoms with van der Waals surface area (Å²) in [5.74, 6) is 0.0211. The predicted octanol–water partition coefficient (Wildman–Crippen LogP) is 0.409. The molecule has 0 amide bonds. The molecule has 0 aliphatic rings. The lowest BCUT2D eigenvalue weighted by atomic mass is 10.2. The van der Waals surface area contributed by atoms with Crippen molar-refractivity contribution < 1.29 is 13.5 Å². The maximum atomic E-state index is 12.2. The van der Waals surface area contributed by atoms with Gasteiger partial charge in [-0.05, 0) is 18.7 Å². The van der Waals surface area contributed by atoms with E-state index in [-0.39, 0.29) is 22.2 Å². The molecule has 0 fully saturated rings. The van der Waals surface area contributed by atoms with Crippen molar-refractivity contribution >= 4 is 27.0 Å². The highest BCUT2D eigenvalue weighted by molar-refractivity contribution is 7.91. The SMILES string of the molecule is CCN(CCO)CCS(=O)(=O)c1ccc(C(N)=S)cc1. The highest BCUT2D eigenvalue weighted by Crippen LogP contribution is 2.13. The van der Waals surface area contributed by atoms with E-state index in [4.69, 9.17) is 23.1 Å². The number of rotatable bonds is 8. The first-order valence-electron chi connectivity index (χ1n) is 6.36. The molecule has 0 aromatic heterocycles. The van der Waals surface area contributed by atoms with Crippen LogP contribution in [-0.2, 0) is 9.84 Å². The number of benzene rings is 1. The third-order valence-electron chi connectivity index (χ3n) is 3.04. The number of thiocarbonyl (C=S) groups is 1. The second kappa shape index (κ2) is 7.68. The van der Waals surface area contributed by atoms with Crippen molar-refractivity contribution in [1.82, 2.24) is 4.90 Å². The third-order valence-corrected chi connectivity index (χ3v) is 4.98. The molecule has 0 saturated heterocycles. The Kier molecular flexibility index (Phi) is 6.54. The Balaban J connectivity index is 2.75. The van der Waals surface area contributed by atoms with Gasteiger partial charge < -0.3 is 15.7 Å². The molecule has 0 atom stereocenters. The number of aliphatic hydroxyl groups is 1. The van der Waals surface area contributed by atoms with E-state index in [1.807, 2.05) is 11.8 Å². The molecule has 0 aliphatic carbocycles. The van der Waals surface area contributed by atoms with Gasteiger partial charge in [0.15, 0.2) is 9.84 Å². The molecule has 0 radical (unpaired) electrons. The van der Waals surface area contributed by atoms with E-state index in [0.717, 1.165) is 0 Å². The first kappa shape index (κ1) is 17.0. The minimum atomic E-state index is -3.33. The fourth-order valence-electron chi connectivity index (χ4n) is 1.76. The summed E-state index contributed by atoms with van der Waals surface area (Å²) in [6.45, 7) is 3.54. The van der Waals surface area contributed by atoms with Crippen LogP contribution in [0.25, 0.3) is 0 Å². The van der Waals surface area contributed by atoms with Crippen LogP contribution < -0.4 is 5.73 Å². The second-order valence-corrected chi connectivity index (χ2v) is 6.91. The second-order valence-electron chi connectivity index (χ2n) is 4.37. The Morgan fingerprint density at radius 2 is 1.90 bits per heavy atom. The monoisotopic (exact) mass is 316 g/mol. The van der Waals surface area contributed by atoms with Gasteiger partial charge in [0, 0.05) is 18.7 Å². The summed E-state index contributed by atoms with van der Waals surface area (Å²) in [5.41, 5.74) is 6.12. The maximum Gasteiger partial charge on any atom is 0.179 e. The Bertz CT molecular complexity index is 541. The number of aliphatic hydroxyl groups excluding tert-OH is 1.